The van der Waals surface area contributed by atoms with Crippen LogP contribution in [0.1, 0.15) is 60.5 Å². The fourth-order valence-corrected chi connectivity index (χ4v) is 3.02. The highest BCUT2D eigenvalue weighted by Gasteiger charge is 2.41. The van der Waals surface area contributed by atoms with Gasteiger partial charge in [0.05, 0.1) is 12.0 Å². The number of hydrogen-bond donors (Lipinski definition) is 1. The molecule has 1 aromatic rings. The molecule has 1 rings (SSSR count). The molecule has 0 spiro atoms. The van der Waals surface area contributed by atoms with Crippen LogP contribution in [0.15, 0.2) is 24.3 Å². The quantitative estimate of drug-likeness (QED) is 0.643. The van der Waals surface area contributed by atoms with Gasteiger partial charge in [-0.3, -0.25) is 4.79 Å². The van der Waals surface area contributed by atoms with Crippen LogP contribution < -0.4 is 4.72 Å². The van der Waals surface area contributed by atoms with Crippen molar-refractivity contribution in [2.24, 2.45) is 0 Å². The molecule has 0 unspecified atom stereocenters. The molecular formula is C18H28FNO3S. The third-order valence-electron chi connectivity index (χ3n) is 3.26. The van der Waals surface area contributed by atoms with Crippen molar-refractivity contribution < 1.29 is 18.5 Å². The van der Waals surface area contributed by atoms with E-state index in [1.165, 1.54) is 6.07 Å². The maximum Gasteiger partial charge on any atom is 0.308 e. The zero-order valence-corrected chi connectivity index (χ0v) is 16.3. The van der Waals surface area contributed by atoms with Gasteiger partial charge in [0.25, 0.3) is 0 Å². The monoisotopic (exact) mass is 357 g/mol. The summed E-state index contributed by atoms with van der Waals surface area (Å²) < 4.78 is 34.6. The number of benzene rings is 1. The van der Waals surface area contributed by atoms with E-state index in [1.54, 1.807) is 45.9 Å². The van der Waals surface area contributed by atoms with E-state index in [2.05, 4.69) is 4.72 Å². The molecule has 0 aromatic heterocycles. The number of esters is 1. The first kappa shape index (κ1) is 20.9. The Bertz CT molecular complexity index is 580. The van der Waals surface area contributed by atoms with Gasteiger partial charge in [-0.2, -0.15) is 0 Å². The number of halogens is 1. The van der Waals surface area contributed by atoms with Gasteiger partial charge < -0.3 is 9.29 Å². The largest absolute Gasteiger partial charge is 0.598 e. The van der Waals surface area contributed by atoms with E-state index in [1.807, 2.05) is 20.8 Å². The minimum absolute atomic E-state index is 0.132. The summed E-state index contributed by atoms with van der Waals surface area (Å²) >= 11 is -1.48. The molecule has 0 fully saturated rings. The molecule has 1 N–H and O–H groups in total. The number of rotatable bonds is 5. The molecule has 0 bridgehead atoms. The smallest absolute Gasteiger partial charge is 0.308 e. The van der Waals surface area contributed by atoms with E-state index in [-0.39, 0.29) is 12.0 Å². The number of carbonyl (C=O) groups is 1. The van der Waals surface area contributed by atoms with Gasteiger partial charge in [0.1, 0.15) is 16.2 Å². The van der Waals surface area contributed by atoms with E-state index in [9.17, 15) is 13.7 Å². The summed E-state index contributed by atoms with van der Waals surface area (Å²) in [5.41, 5.74) is -1.50. The van der Waals surface area contributed by atoms with Gasteiger partial charge in [-0.25, -0.2) is 4.39 Å². The molecule has 24 heavy (non-hydrogen) atoms. The Labute approximate surface area is 147 Å². The van der Waals surface area contributed by atoms with Crippen molar-refractivity contribution in [1.29, 1.82) is 0 Å². The first-order chi connectivity index (χ1) is 10.7. The van der Waals surface area contributed by atoms with Crippen molar-refractivity contribution in [2.75, 3.05) is 0 Å². The summed E-state index contributed by atoms with van der Waals surface area (Å²) in [5.74, 6) is -0.936. The third-order valence-corrected chi connectivity index (χ3v) is 5.01. The SMILES string of the molecule is CC(C)(C)OC(=O)C[C@](C)(N[S@+]([O-])C(C)(C)C)c1ccccc1F. The molecule has 0 amide bonds. The third kappa shape index (κ3) is 6.07. The summed E-state index contributed by atoms with van der Waals surface area (Å²) in [6.07, 6.45) is -0.132. The molecule has 136 valence electrons. The fraction of sp³-hybridized carbons (Fsp3) is 0.611. The van der Waals surface area contributed by atoms with Crippen LogP contribution in [0.4, 0.5) is 4.39 Å². The Hall–Kier alpha value is -1.11. The van der Waals surface area contributed by atoms with Crippen LogP contribution in [0, 0.1) is 5.82 Å². The van der Waals surface area contributed by atoms with Crippen LogP contribution in [-0.2, 0) is 26.4 Å². The Morgan fingerprint density at radius 3 is 2.17 bits per heavy atom. The normalized spacial score (nSPS) is 16.4. The number of ether oxygens (including phenoxy) is 1. The molecule has 0 saturated carbocycles. The second kappa shape index (κ2) is 7.42. The van der Waals surface area contributed by atoms with Crippen LogP contribution in [0.2, 0.25) is 0 Å². The molecule has 0 radical (unpaired) electrons. The van der Waals surface area contributed by atoms with Gasteiger partial charge >= 0.3 is 5.97 Å². The number of hydrogen-bond acceptors (Lipinski definition) is 4. The summed E-state index contributed by atoms with van der Waals surface area (Å²) in [7, 11) is 0. The van der Waals surface area contributed by atoms with Gasteiger partial charge in [-0.15, -0.1) is 4.72 Å². The van der Waals surface area contributed by atoms with Crippen molar-refractivity contribution in [3.05, 3.63) is 35.6 Å². The summed E-state index contributed by atoms with van der Waals surface area (Å²) in [4.78, 5) is 12.3. The van der Waals surface area contributed by atoms with E-state index in [4.69, 9.17) is 4.74 Å². The van der Waals surface area contributed by atoms with Gasteiger partial charge in [0, 0.05) is 16.9 Å². The fourth-order valence-electron chi connectivity index (χ4n) is 2.12. The average Bonchev–Trinajstić information content (AvgIpc) is 2.34. The Balaban J connectivity index is 3.17. The summed E-state index contributed by atoms with van der Waals surface area (Å²) in [5, 5.41) is 0. The Morgan fingerprint density at radius 2 is 1.71 bits per heavy atom. The van der Waals surface area contributed by atoms with Crippen molar-refractivity contribution in [1.82, 2.24) is 4.72 Å². The predicted octanol–water partition coefficient (Wildman–Crippen LogP) is 3.82. The molecule has 0 saturated heterocycles. The lowest BCUT2D eigenvalue weighted by Gasteiger charge is -2.35. The maximum atomic E-state index is 14.3. The molecule has 0 aliphatic carbocycles. The van der Waals surface area contributed by atoms with Gasteiger partial charge in [-0.1, -0.05) is 18.2 Å². The highest BCUT2D eigenvalue weighted by Crippen LogP contribution is 2.31. The standard InChI is InChI=1S/C18H28FNO3S/c1-16(2,3)23-15(21)12-18(7,20-24(22)17(4,5)6)13-10-8-9-11-14(13)19/h8-11,20H,12H2,1-7H3/t18-,24+/m0/s1. The number of carbonyl (C=O) groups excluding carboxylic acids is 1. The molecule has 6 heteroatoms. The lowest BCUT2D eigenvalue weighted by molar-refractivity contribution is -0.156. The predicted molar refractivity (Wildman–Crippen MR) is 95.2 cm³/mol. The lowest BCUT2D eigenvalue weighted by atomic mass is 9.89. The van der Waals surface area contributed by atoms with Crippen LogP contribution >= 0.6 is 0 Å². The Morgan fingerprint density at radius 1 is 1.17 bits per heavy atom. The zero-order valence-electron chi connectivity index (χ0n) is 15.5. The van der Waals surface area contributed by atoms with E-state index in [0.717, 1.165) is 0 Å². The summed E-state index contributed by atoms with van der Waals surface area (Å²) in [6.45, 7) is 12.4. The van der Waals surface area contributed by atoms with Crippen molar-refractivity contribution in [3.63, 3.8) is 0 Å². The second-order valence-corrected chi connectivity index (χ2v) is 10.0. The van der Waals surface area contributed by atoms with Gasteiger partial charge in [-0.05, 0) is 54.5 Å². The minimum Gasteiger partial charge on any atom is -0.598 e. The summed E-state index contributed by atoms with van der Waals surface area (Å²) in [6, 6.07) is 6.18. The Kier molecular flexibility index (Phi) is 6.47. The molecule has 1 aromatic carbocycles. The van der Waals surface area contributed by atoms with Gasteiger partial charge in [0.2, 0.25) is 0 Å². The topological polar surface area (TPSA) is 61.4 Å². The van der Waals surface area contributed by atoms with E-state index in [0.29, 0.717) is 0 Å². The molecule has 0 aliphatic rings. The van der Waals surface area contributed by atoms with Crippen molar-refractivity contribution in [2.45, 2.75) is 70.8 Å². The van der Waals surface area contributed by atoms with Crippen molar-refractivity contribution in [3.8, 4) is 0 Å². The highest BCUT2D eigenvalue weighted by molar-refractivity contribution is 7.90. The highest BCUT2D eigenvalue weighted by atomic mass is 32.2. The van der Waals surface area contributed by atoms with E-state index < -0.39 is 39.0 Å². The van der Waals surface area contributed by atoms with Gasteiger partial charge in [0.15, 0.2) is 0 Å². The van der Waals surface area contributed by atoms with Crippen LogP contribution in [0.5, 0.6) is 0 Å². The molecule has 0 heterocycles. The van der Waals surface area contributed by atoms with Crippen LogP contribution in [0.25, 0.3) is 0 Å². The number of nitrogens with one attached hydrogen (secondary N) is 1. The zero-order chi connectivity index (χ0) is 18.8. The molecule has 4 nitrogen and oxygen atoms in total. The van der Waals surface area contributed by atoms with E-state index >= 15 is 0 Å². The molecular weight excluding hydrogens is 329 g/mol. The first-order valence-corrected chi connectivity index (χ1v) is 9.06. The second-order valence-electron chi connectivity index (χ2n) is 8.06. The van der Waals surface area contributed by atoms with Crippen molar-refractivity contribution >= 4 is 17.3 Å². The first-order valence-electron chi connectivity index (χ1n) is 7.91. The van der Waals surface area contributed by atoms with Crippen LogP contribution in [0.3, 0.4) is 0 Å². The minimum atomic E-state index is -1.48. The molecule has 2 atom stereocenters. The lowest BCUT2D eigenvalue weighted by Crippen LogP contribution is -2.51. The maximum absolute atomic E-state index is 14.3. The van der Waals surface area contributed by atoms with Crippen LogP contribution in [-0.4, -0.2) is 20.9 Å². The average molecular weight is 357 g/mol. The molecule has 0 aliphatic heterocycles.